The SMILES string of the molecule is O=C(NC1CCC(F)(F)CC1)c1cnc2cnccc2c1. The summed E-state index contributed by atoms with van der Waals surface area (Å²) < 4.78 is 26.2. The van der Waals surface area contributed by atoms with Crippen LogP contribution in [0.25, 0.3) is 10.9 Å². The molecule has 2 aromatic rings. The van der Waals surface area contributed by atoms with Crippen molar-refractivity contribution in [1.29, 1.82) is 0 Å². The molecule has 0 aliphatic heterocycles. The Bertz CT molecular complexity index is 665. The van der Waals surface area contributed by atoms with E-state index in [1.54, 1.807) is 24.5 Å². The van der Waals surface area contributed by atoms with Crippen molar-refractivity contribution in [3.05, 3.63) is 36.3 Å². The first-order valence-electron chi connectivity index (χ1n) is 6.92. The lowest BCUT2D eigenvalue weighted by molar-refractivity contribution is -0.0399. The lowest BCUT2D eigenvalue weighted by Crippen LogP contribution is -2.40. The largest absolute Gasteiger partial charge is 0.349 e. The number of amides is 1. The number of halogens is 2. The zero-order chi connectivity index (χ0) is 14.9. The number of carbonyl (C=O) groups is 1. The minimum atomic E-state index is -2.58. The maximum Gasteiger partial charge on any atom is 0.253 e. The normalized spacial score (nSPS) is 18.6. The summed E-state index contributed by atoms with van der Waals surface area (Å²) in [6.07, 6.45) is 5.03. The topological polar surface area (TPSA) is 54.9 Å². The summed E-state index contributed by atoms with van der Waals surface area (Å²) in [4.78, 5) is 20.3. The van der Waals surface area contributed by atoms with Crippen LogP contribution in [0.15, 0.2) is 30.7 Å². The van der Waals surface area contributed by atoms with Crippen molar-refractivity contribution in [2.24, 2.45) is 0 Å². The first-order valence-corrected chi connectivity index (χ1v) is 6.92. The number of alkyl halides is 2. The molecule has 0 radical (unpaired) electrons. The van der Waals surface area contributed by atoms with Crippen molar-refractivity contribution in [2.45, 2.75) is 37.6 Å². The number of pyridine rings is 2. The summed E-state index contributed by atoms with van der Waals surface area (Å²) in [7, 11) is 0. The second kappa shape index (κ2) is 5.35. The number of nitrogens with zero attached hydrogens (tertiary/aromatic N) is 2. The van der Waals surface area contributed by atoms with Crippen molar-refractivity contribution < 1.29 is 13.6 Å². The van der Waals surface area contributed by atoms with E-state index in [0.717, 1.165) is 5.39 Å². The average Bonchev–Trinajstić information content (AvgIpc) is 2.49. The van der Waals surface area contributed by atoms with E-state index < -0.39 is 5.92 Å². The predicted molar refractivity (Wildman–Crippen MR) is 74.2 cm³/mol. The zero-order valence-corrected chi connectivity index (χ0v) is 11.4. The van der Waals surface area contributed by atoms with Crippen LogP contribution in [0.5, 0.6) is 0 Å². The highest BCUT2D eigenvalue weighted by Crippen LogP contribution is 2.33. The molecule has 1 amide bonds. The fourth-order valence-electron chi connectivity index (χ4n) is 2.55. The van der Waals surface area contributed by atoms with Gasteiger partial charge in [0.15, 0.2) is 0 Å². The molecular weight excluding hydrogens is 276 g/mol. The minimum absolute atomic E-state index is 0.167. The summed E-state index contributed by atoms with van der Waals surface area (Å²) in [5.41, 5.74) is 1.15. The Morgan fingerprint density at radius 3 is 2.81 bits per heavy atom. The van der Waals surface area contributed by atoms with Crippen molar-refractivity contribution in [3.63, 3.8) is 0 Å². The van der Waals surface area contributed by atoms with Gasteiger partial charge in [0.05, 0.1) is 17.3 Å². The Morgan fingerprint density at radius 2 is 2.05 bits per heavy atom. The predicted octanol–water partition coefficient (Wildman–Crippen LogP) is 2.94. The number of aromatic nitrogens is 2. The third-order valence-electron chi connectivity index (χ3n) is 3.80. The highest BCUT2D eigenvalue weighted by Gasteiger charge is 2.35. The van der Waals surface area contributed by atoms with Gasteiger partial charge in [-0.25, -0.2) is 8.78 Å². The summed E-state index contributed by atoms with van der Waals surface area (Å²) in [6, 6.07) is 3.32. The molecule has 6 heteroatoms. The van der Waals surface area contributed by atoms with Gasteiger partial charge >= 0.3 is 0 Å². The zero-order valence-electron chi connectivity index (χ0n) is 11.4. The quantitative estimate of drug-likeness (QED) is 0.925. The molecule has 3 rings (SSSR count). The third kappa shape index (κ3) is 3.15. The molecular formula is C15H15F2N3O. The molecule has 4 nitrogen and oxygen atoms in total. The van der Waals surface area contributed by atoms with Crippen LogP contribution in [0, 0.1) is 0 Å². The summed E-state index contributed by atoms with van der Waals surface area (Å²) in [5, 5.41) is 3.64. The van der Waals surface area contributed by atoms with Gasteiger partial charge in [0.2, 0.25) is 5.92 Å². The van der Waals surface area contributed by atoms with Gasteiger partial charge in [-0.3, -0.25) is 14.8 Å². The molecule has 1 N–H and O–H groups in total. The van der Waals surface area contributed by atoms with Gasteiger partial charge in [-0.2, -0.15) is 0 Å². The lowest BCUT2D eigenvalue weighted by atomic mass is 9.92. The Morgan fingerprint density at radius 1 is 1.29 bits per heavy atom. The van der Waals surface area contributed by atoms with Crippen LogP contribution in [-0.2, 0) is 0 Å². The van der Waals surface area contributed by atoms with Gasteiger partial charge in [-0.05, 0) is 25.0 Å². The number of nitrogens with one attached hydrogen (secondary N) is 1. The summed E-state index contributed by atoms with van der Waals surface area (Å²) >= 11 is 0. The van der Waals surface area contributed by atoms with Gasteiger partial charge in [0.1, 0.15) is 0 Å². The molecule has 2 heterocycles. The van der Waals surface area contributed by atoms with Gasteiger partial charge in [-0.15, -0.1) is 0 Å². The maximum atomic E-state index is 13.1. The molecule has 0 unspecified atom stereocenters. The molecule has 0 saturated heterocycles. The Balaban J connectivity index is 1.69. The van der Waals surface area contributed by atoms with Crippen molar-refractivity contribution in [3.8, 4) is 0 Å². The number of fused-ring (bicyclic) bond motifs is 1. The number of rotatable bonds is 2. The molecule has 0 spiro atoms. The molecule has 110 valence electrons. The van der Waals surface area contributed by atoms with Gasteiger partial charge in [0.25, 0.3) is 5.91 Å². The van der Waals surface area contributed by atoms with E-state index in [-0.39, 0.29) is 24.8 Å². The van der Waals surface area contributed by atoms with Crippen LogP contribution in [0.2, 0.25) is 0 Å². The Kier molecular flexibility index (Phi) is 3.53. The molecule has 1 fully saturated rings. The standard InChI is InChI=1S/C15H15F2N3O/c16-15(17)4-1-12(2-5-15)20-14(21)11-7-10-3-6-18-9-13(10)19-8-11/h3,6-9,12H,1-2,4-5H2,(H,20,21). The molecule has 2 aromatic heterocycles. The number of hydrogen-bond acceptors (Lipinski definition) is 3. The second-order valence-electron chi connectivity index (χ2n) is 5.40. The fourth-order valence-corrected chi connectivity index (χ4v) is 2.55. The highest BCUT2D eigenvalue weighted by atomic mass is 19.3. The third-order valence-corrected chi connectivity index (χ3v) is 3.80. The van der Waals surface area contributed by atoms with E-state index in [0.29, 0.717) is 23.9 Å². The number of hydrogen-bond donors (Lipinski definition) is 1. The summed E-state index contributed by atoms with van der Waals surface area (Å²) in [6.45, 7) is 0. The Hall–Kier alpha value is -2.11. The van der Waals surface area contributed by atoms with Crippen LogP contribution in [0.1, 0.15) is 36.0 Å². The Labute approximate surface area is 120 Å². The number of carbonyl (C=O) groups excluding carboxylic acids is 1. The van der Waals surface area contributed by atoms with E-state index in [1.165, 1.54) is 6.20 Å². The average molecular weight is 291 g/mol. The molecule has 21 heavy (non-hydrogen) atoms. The molecule has 1 aliphatic rings. The smallest absolute Gasteiger partial charge is 0.253 e. The van der Waals surface area contributed by atoms with E-state index in [9.17, 15) is 13.6 Å². The highest BCUT2D eigenvalue weighted by molar-refractivity contribution is 5.97. The van der Waals surface area contributed by atoms with Gasteiger partial charge in [0, 0.05) is 36.7 Å². The van der Waals surface area contributed by atoms with Gasteiger partial charge in [-0.1, -0.05) is 0 Å². The van der Waals surface area contributed by atoms with E-state index in [1.807, 2.05) is 0 Å². The van der Waals surface area contributed by atoms with Crippen molar-refractivity contribution in [2.75, 3.05) is 0 Å². The van der Waals surface area contributed by atoms with E-state index in [2.05, 4.69) is 15.3 Å². The summed E-state index contributed by atoms with van der Waals surface area (Å²) in [5.74, 6) is -2.85. The molecule has 0 aromatic carbocycles. The van der Waals surface area contributed by atoms with Crippen LogP contribution in [0.3, 0.4) is 0 Å². The van der Waals surface area contributed by atoms with Crippen molar-refractivity contribution >= 4 is 16.8 Å². The van der Waals surface area contributed by atoms with E-state index in [4.69, 9.17) is 0 Å². The fraction of sp³-hybridized carbons (Fsp3) is 0.400. The molecule has 1 aliphatic carbocycles. The monoisotopic (exact) mass is 291 g/mol. The first kappa shape index (κ1) is 13.9. The second-order valence-corrected chi connectivity index (χ2v) is 5.40. The molecule has 0 bridgehead atoms. The van der Waals surface area contributed by atoms with E-state index >= 15 is 0 Å². The van der Waals surface area contributed by atoms with Crippen LogP contribution in [0.4, 0.5) is 8.78 Å². The van der Waals surface area contributed by atoms with Crippen LogP contribution in [-0.4, -0.2) is 27.8 Å². The van der Waals surface area contributed by atoms with Crippen molar-refractivity contribution in [1.82, 2.24) is 15.3 Å². The van der Waals surface area contributed by atoms with Gasteiger partial charge < -0.3 is 5.32 Å². The minimum Gasteiger partial charge on any atom is -0.349 e. The van der Waals surface area contributed by atoms with Crippen LogP contribution < -0.4 is 5.32 Å². The molecule has 1 saturated carbocycles. The molecule has 0 atom stereocenters. The first-order chi connectivity index (χ1) is 10.0. The maximum absolute atomic E-state index is 13.1. The van der Waals surface area contributed by atoms with Crippen LogP contribution >= 0.6 is 0 Å². The lowest BCUT2D eigenvalue weighted by Gasteiger charge is -2.28.